The van der Waals surface area contributed by atoms with Gasteiger partial charge in [0.2, 0.25) is 0 Å². The summed E-state index contributed by atoms with van der Waals surface area (Å²) in [4.78, 5) is 12.0. The fourth-order valence-corrected chi connectivity index (χ4v) is 2.56. The summed E-state index contributed by atoms with van der Waals surface area (Å²) >= 11 is 6.34. The normalized spacial score (nSPS) is 28.6. The fraction of sp³-hybridized carbons (Fsp3) is 0.471. The van der Waals surface area contributed by atoms with E-state index in [0.29, 0.717) is 22.9 Å². The van der Waals surface area contributed by atoms with Crippen molar-refractivity contribution in [1.29, 1.82) is 0 Å². The lowest BCUT2D eigenvalue weighted by Crippen LogP contribution is -2.15. The van der Waals surface area contributed by atoms with Crippen molar-refractivity contribution >= 4 is 17.4 Å². The van der Waals surface area contributed by atoms with Gasteiger partial charge in [-0.1, -0.05) is 36.8 Å². The van der Waals surface area contributed by atoms with Crippen molar-refractivity contribution in [3.63, 3.8) is 0 Å². The molecule has 0 spiro atoms. The molecule has 0 amide bonds. The van der Waals surface area contributed by atoms with Crippen LogP contribution in [-0.2, 0) is 4.79 Å². The zero-order valence-electron chi connectivity index (χ0n) is 12.3. The number of Topliss-reactive ketones (excluding diaryl/α,β-unsaturated/α-hetero) is 1. The van der Waals surface area contributed by atoms with Gasteiger partial charge in [-0.3, -0.25) is 4.79 Å². The zero-order valence-corrected chi connectivity index (χ0v) is 13.0. The summed E-state index contributed by atoms with van der Waals surface area (Å²) in [5.74, 6) is 0.699. The first-order valence-electron chi connectivity index (χ1n) is 7.27. The Kier molecular flexibility index (Phi) is 4.87. The van der Waals surface area contributed by atoms with Crippen LogP contribution in [0.25, 0.3) is 0 Å². The Bertz CT molecular complexity index is 521. The maximum atomic E-state index is 12.0. The van der Waals surface area contributed by atoms with Gasteiger partial charge >= 0.3 is 0 Å². The van der Waals surface area contributed by atoms with E-state index >= 15 is 0 Å². The molecular weight excluding hydrogens is 270 g/mol. The molecule has 0 saturated heterocycles. The Labute approximate surface area is 126 Å². The van der Waals surface area contributed by atoms with Gasteiger partial charge in [0.1, 0.15) is 0 Å². The molecule has 0 bridgehead atoms. The van der Waals surface area contributed by atoms with Crippen LogP contribution in [0.3, 0.4) is 0 Å². The molecule has 1 saturated carbocycles. The molecule has 108 valence electrons. The predicted molar refractivity (Wildman–Crippen MR) is 84.3 cm³/mol. The van der Waals surface area contributed by atoms with Crippen molar-refractivity contribution in [1.82, 2.24) is 5.32 Å². The Morgan fingerprint density at radius 2 is 2.10 bits per heavy atom. The van der Waals surface area contributed by atoms with E-state index in [1.165, 1.54) is 18.4 Å². The average Bonchev–Trinajstić information content (AvgIpc) is 3.24. The monoisotopic (exact) mass is 291 g/mol. The molecule has 0 aromatic carbocycles. The molecule has 2 aliphatic rings. The highest BCUT2D eigenvalue weighted by atomic mass is 35.5. The molecule has 2 aliphatic carbocycles. The van der Waals surface area contributed by atoms with Gasteiger partial charge in [-0.15, -0.1) is 0 Å². The predicted octanol–water partition coefficient (Wildman–Crippen LogP) is 4.60. The zero-order chi connectivity index (χ0) is 14.7. The van der Waals surface area contributed by atoms with Gasteiger partial charge in [-0.05, 0) is 44.6 Å². The van der Waals surface area contributed by atoms with Crippen LogP contribution in [0.1, 0.15) is 46.0 Å². The van der Waals surface area contributed by atoms with Gasteiger partial charge in [0.15, 0.2) is 5.78 Å². The van der Waals surface area contributed by atoms with Crippen molar-refractivity contribution in [2.45, 2.75) is 46.0 Å². The third-order valence-electron chi connectivity index (χ3n) is 3.75. The molecule has 0 aliphatic heterocycles. The molecule has 20 heavy (non-hydrogen) atoms. The summed E-state index contributed by atoms with van der Waals surface area (Å²) in [6.45, 7) is 7.99. The topological polar surface area (TPSA) is 29.1 Å². The largest absolute Gasteiger partial charge is 0.362 e. The van der Waals surface area contributed by atoms with E-state index in [0.717, 1.165) is 24.2 Å². The van der Waals surface area contributed by atoms with Crippen molar-refractivity contribution in [2.24, 2.45) is 5.92 Å². The maximum Gasteiger partial charge on any atom is 0.164 e. The Morgan fingerprint density at radius 1 is 1.40 bits per heavy atom. The first-order valence-corrected chi connectivity index (χ1v) is 7.65. The van der Waals surface area contributed by atoms with E-state index < -0.39 is 0 Å². The number of rotatable bonds is 5. The molecule has 2 rings (SSSR count). The van der Waals surface area contributed by atoms with Gasteiger partial charge in [0.05, 0.1) is 5.03 Å². The highest BCUT2D eigenvalue weighted by molar-refractivity contribution is 6.34. The Hall–Kier alpha value is -1.28. The quantitative estimate of drug-likeness (QED) is 0.802. The van der Waals surface area contributed by atoms with E-state index in [1.54, 1.807) is 0 Å². The third-order valence-corrected chi connectivity index (χ3v) is 4.06. The maximum absolute atomic E-state index is 12.0. The van der Waals surface area contributed by atoms with Gasteiger partial charge in [0.25, 0.3) is 0 Å². The number of ketones is 1. The first-order chi connectivity index (χ1) is 9.51. The minimum atomic E-state index is 0.0906. The molecular formula is C17H22ClNO. The molecule has 1 N–H and O–H groups in total. The molecule has 0 unspecified atom stereocenters. The first kappa shape index (κ1) is 15.1. The lowest BCUT2D eigenvalue weighted by molar-refractivity contribution is -0.115. The lowest BCUT2D eigenvalue weighted by Gasteiger charge is -2.16. The van der Waals surface area contributed by atoms with Crippen LogP contribution in [0.15, 0.2) is 46.3 Å². The van der Waals surface area contributed by atoms with E-state index in [1.807, 2.05) is 26.0 Å². The molecule has 1 fully saturated rings. The fourth-order valence-electron chi connectivity index (χ4n) is 2.27. The van der Waals surface area contributed by atoms with Crippen LogP contribution in [0.2, 0.25) is 0 Å². The Balaban J connectivity index is 2.24. The van der Waals surface area contributed by atoms with E-state index in [-0.39, 0.29) is 5.78 Å². The van der Waals surface area contributed by atoms with Crippen LogP contribution in [0.4, 0.5) is 0 Å². The summed E-state index contributed by atoms with van der Waals surface area (Å²) < 4.78 is 0. The minimum absolute atomic E-state index is 0.0906. The molecule has 0 heterocycles. The van der Waals surface area contributed by atoms with Crippen molar-refractivity contribution in [3.8, 4) is 0 Å². The number of hydrogen-bond donors (Lipinski definition) is 1. The molecule has 0 aromatic heterocycles. The second-order valence-corrected chi connectivity index (χ2v) is 6.03. The van der Waals surface area contributed by atoms with E-state index in [2.05, 4.69) is 11.9 Å². The standard InChI is InChI=1S/C17H22ClNO/c1-4-17(20)15-9-11(2)5-8-14(10-16(15)18)19-12(3)13-6-7-13/h9-10,13,19H,3-8H2,1-2H3/b11-9+,14-10+,16-15-. The summed E-state index contributed by atoms with van der Waals surface area (Å²) in [5, 5.41) is 3.92. The summed E-state index contributed by atoms with van der Waals surface area (Å²) in [7, 11) is 0. The minimum Gasteiger partial charge on any atom is -0.362 e. The second-order valence-electron chi connectivity index (χ2n) is 5.62. The number of hydrogen-bond acceptors (Lipinski definition) is 2. The molecule has 2 nitrogen and oxygen atoms in total. The lowest BCUT2D eigenvalue weighted by atomic mass is 9.99. The summed E-state index contributed by atoms with van der Waals surface area (Å²) in [6.07, 6.45) is 8.57. The van der Waals surface area contributed by atoms with Crippen LogP contribution in [-0.4, -0.2) is 5.78 Å². The van der Waals surface area contributed by atoms with Crippen molar-refractivity contribution in [3.05, 3.63) is 46.3 Å². The number of halogens is 1. The number of carbonyl (C=O) groups excluding carboxylic acids is 1. The van der Waals surface area contributed by atoms with Crippen molar-refractivity contribution < 1.29 is 4.79 Å². The van der Waals surface area contributed by atoms with Gasteiger partial charge in [-0.25, -0.2) is 0 Å². The summed E-state index contributed by atoms with van der Waals surface area (Å²) in [6, 6.07) is 0. The van der Waals surface area contributed by atoms with Gasteiger partial charge in [-0.2, -0.15) is 0 Å². The molecule has 0 atom stereocenters. The average molecular weight is 292 g/mol. The van der Waals surface area contributed by atoms with Crippen LogP contribution >= 0.6 is 11.6 Å². The third kappa shape index (κ3) is 3.86. The highest BCUT2D eigenvalue weighted by Crippen LogP contribution is 2.35. The van der Waals surface area contributed by atoms with Crippen molar-refractivity contribution in [2.75, 3.05) is 0 Å². The highest BCUT2D eigenvalue weighted by Gasteiger charge is 2.25. The second kappa shape index (κ2) is 6.45. The number of nitrogens with one attached hydrogen (secondary N) is 1. The molecule has 0 radical (unpaired) electrons. The smallest absolute Gasteiger partial charge is 0.164 e. The Morgan fingerprint density at radius 3 is 2.70 bits per heavy atom. The molecule has 3 heteroatoms. The van der Waals surface area contributed by atoms with Crippen LogP contribution < -0.4 is 5.32 Å². The van der Waals surface area contributed by atoms with Crippen LogP contribution in [0, 0.1) is 5.92 Å². The van der Waals surface area contributed by atoms with E-state index in [9.17, 15) is 4.79 Å². The SMILES string of the molecule is C=C(N/C1=C/C(Cl)=C(C(=O)CC)\C=C(/C)CC1)C1CC1. The summed E-state index contributed by atoms with van der Waals surface area (Å²) in [5.41, 5.74) is 3.94. The number of carbonyl (C=O) groups is 1. The van der Waals surface area contributed by atoms with E-state index in [4.69, 9.17) is 11.6 Å². The van der Waals surface area contributed by atoms with Gasteiger partial charge in [0, 0.05) is 23.4 Å². The number of allylic oxidation sites excluding steroid dienone is 7. The van der Waals surface area contributed by atoms with Gasteiger partial charge < -0.3 is 5.32 Å². The van der Waals surface area contributed by atoms with Crippen LogP contribution in [0.5, 0.6) is 0 Å². The molecule has 0 aromatic rings.